The van der Waals surface area contributed by atoms with E-state index >= 15 is 0 Å². The van der Waals surface area contributed by atoms with Crippen molar-refractivity contribution in [2.24, 2.45) is 0 Å². The summed E-state index contributed by atoms with van der Waals surface area (Å²) < 4.78 is 5.04. The maximum absolute atomic E-state index is 11.2. The molecule has 0 heterocycles. The van der Waals surface area contributed by atoms with Crippen molar-refractivity contribution in [1.82, 2.24) is 0 Å². The van der Waals surface area contributed by atoms with Crippen LogP contribution in [0.2, 0.25) is 0 Å². The largest absolute Gasteiger partial charge is 0.496 e. The minimum atomic E-state index is -0.146. The van der Waals surface area contributed by atoms with Gasteiger partial charge in [-0.15, -0.1) is 0 Å². The van der Waals surface area contributed by atoms with Crippen LogP contribution in [-0.2, 0) is 4.79 Å². The highest BCUT2D eigenvalue weighted by Gasteiger charge is 2.13. The maximum atomic E-state index is 11.2. The Labute approximate surface area is 93.8 Å². The molecule has 1 aromatic carbocycles. The van der Waals surface area contributed by atoms with Crippen molar-refractivity contribution >= 4 is 23.6 Å². The Morgan fingerprint density at radius 2 is 2.12 bits per heavy atom. The van der Waals surface area contributed by atoms with Crippen LogP contribution in [-0.4, -0.2) is 26.4 Å². The van der Waals surface area contributed by atoms with Gasteiger partial charge >= 0.3 is 0 Å². The normalized spacial score (nSPS) is 9.69. The van der Waals surface area contributed by atoms with Crippen LogP contribution < -0.4 is 15.4 Å². The molecule has 1 rings (SSSR count). The fourth-order valence-electron chi connectivity index (χ4n) is 1.33. The van der Waals surface area contributed by atoms with Gasteiger partial charge in [0.1, 0.15) is 5.75 Å². The average Bonchev–Trinajstić information content (AvgIpc) is 2.27. The van der Waals surface area contributed by atoms with Crippen LogP contribution in [0.25, 0.3) is 0 Å². The molecule has 0 fully saturated rings. The molecular weight excluding hydrogens is 208 g/mol. The molecule has 0 atom stereocenters. The molecule has 16 heavy (non-hydrogen) atoms. The van der Waals surface area contributed by atoms with Crippen molar-refractivity contribution in [2.75, 3.05) is 24.8 Å². The monoisotopic (exact) mass is 222 g/mol. The Kier molecular flexibility index (Phi) is 3.50. The van der Waals surface area contributed by atoms with Crippen molar-refractivity contribution in [3.63, 3.8) is 0 Å². The second-order valence-corrected chi connectivity index (χ2v) is 3.35. The highest BCUT2D eigenvalue weighted by atomic mass is 16.5. The van der Waals surface area contributed by atoms with Gasteiger partial charge in [0.2, 0.25) is 5.91 Å². The van der Waals surface area contributed by atoms with Crippen LogP contribution in [0.3, 0.4) is 0 Å². The number of rotatable bonds is 3. The van der Waals surface area contributed by atoms with Gasteiger partial charge in [-0.05, 0) is 6.07 Å². The summed E-state index contributed by atoms with van der Waals surface area (Å²) >= 11 is 0. The summed E-state index contributed by atoms with van der Waals surface area (Å²) in [7, 11) is 3.06. The van der Waals surface area contributed by atoms with Gasteiger partial charge < -0.3 is 15.4 Å². The van der Waals surface area contributed by atoms with E-state index in [4.69, 9.17) is 10.5 Å². The number of benzene rings is 1. The third kappa shape index (κ3) is 2.13. The van der Waals surface area contributed by atoms with Crippen LogP contribution in [0.5, 0.6) is 5.75 Å². The molecule has 2 N–H and O–H groups in total. The number of hydrogen-bond acceptors (Lipinski definition) is 4. The molecule has 0 aliphatic rings. The predicted molar refractivity (Wildman–Crippen MR) is 61.9 cm³/mol. The number of amides is 1. The highest BCUT2D eigenvalue weighted by Crippen LogP contribution is 2.30. The summed E-state index contributed by atoms with van der Waals surface area (Å²) in [5.41, 5.74) is 7.00. The van der Waals surface area contributed by atoms with Crippen molar-refractivity contribution < 1.29 is 14.3 Å². The van der Waals surface area contributed by atoms with Crippen LogP contribution in [0.1, 0.15) is 17.3 Å². The van der Waals surface area contributed by atoms with Gasteiger partial charge in [-0.2, -0.15) is 0 Å². The number of hydrogen-bond donors (Lipinski definition) is 1. The van der Waals surface area contributed by atoms with Crippen molar-refractivity contribution in [3.05, 3.63) is 17.7 Å². The van der Waals surface area contributed by atoms with E-state index in [9.17, 15) is 9.59 Å². The Hall–Kier alpha value is -2.04. The number of nitrogens with zero attached hydrogens (tertiary/aromatic N) is 1. The van der Waals surface area contributed by atoms with Gasteiger partial charge in [0, 0.05) is 20.0 Å². The third-order valence-corrected chi connectivity index (χ3v) is 2.34. The number of aldehydes is 1. The van der Waals surface area contributed by atoms with Crippen LogP contribution in [0.15, 0.2) is 12.1 Å². The number of carbonyl (C=O) groups excluding carboxylic acids is 2. The van der Waals surface area contributed by atoms with E-state index in [-0.39, 0.29) is 5.91 Å². The number of carbonyl (C=O) groups is 2. The molecule has 1 aromatic rings. The summed E-state index contributed by atoms with van der Waals surface area (Å²) in [5, 5.41) is 0. The van der Waals surface area contributed by atoms with E-state index in [0.29, 0.717) is 29.0 Å². The summed E-state index contributed by atoms with van der Waals surface area (Å²) in [6.07, 6.45) is 0.659. The minimum absolute atomic E-state index is 0.146. The van der Waals surface area contributed by atoms with E-state index in [1.165, 1.54) is 25.0 Å². The van der Waals surface area contributed by atoms with Crippen molar-refractivity contribution in [1.29, 1.82) is 0 Å². The molecule has 0 aromatic heterocycles. The smallest absolute Gasteiger partial charge is 0.223 e. The number of ether oxygens (including phenoxy) is 1. The van der Waals surface area contributed by atoms with E-state index in [0.717, 1.165) is 0 Å². The minimum Gasteiger partial charge on any atom is -0.496 e. The molecule has 0 saturated carbocycles. The van der Waals surface area contributed by atoms with Crippen molar-refractivity contribution in [3.8, 4) is 5.75 Å². The molecule has 0 spiro atoms. The van der Waals surface area contributed by atoms with Gasteiger partial charge in [-0.25, -0.2) is 0 Å². The van der Waals surface area contributed by atoms with Crippen LogP contribution >= 0.6 is 0 Å². The predicted octanol–water partition coefficient (Wildman–Crippen LogP) is 1.07. The first-order chi connectivity index (χ1) is 7.51. The third-order valence-electron chi connectivity index (χ3n) is 2.34. The topological polar surface area (TPSA) is 72.6 Å². The molecule has 86 valence electrons. The zero-order chi connectivity index (χ0) is 12.3. The van der Waals surface area contributed by atoms with Gasteiger partial charge in [0.15, 0.2) is 6.29 Å². The molecule has 1 amide bonds. The Balaban J connectivity index is 3.31. The second kappa shape index (κ2) is 4.65. The van der Waals surface area contributed by atoms with E-state index < -0.39 is 0 Å². The molecule has 0 unspecified atom stereocenters. The Bertz CT molecular complexity index is 429. The first-order valence-electron chi connectivity index (χ1n) is 4.68. The summed E-state index contributed by atoms with van der Waals surface area (Å²) in [6.45, 7) is 1.43. The zero-order valence-corrected chi connectivity index (χ0v) is 9.48. The molecule has 5 heteroatoms. The lowest BCUT2D eigenvalue weighted by Crippen LogP contribution is -2.24. The quantitative estimate of drug-likeness (QED) is 0.613. The first kappa shape index (κ1) is 12.0. The maximum Gasteiger partial charge on any atom is 0.223 e. The SMILES string of the molecule is COc1cc(N(C)C(C)=O)c(N)cc1C=O. The summed E-state index contributed by atoms with van der Waals surface area (Å²) in [4.78, 5) is 23.3. The fraction of sp³-hybridized carbons (Fsp3) is 0.273. The average molecular weight is 222 g/mol. The summed E-state index contributed by atoms with van der Waals surface area (Å²) in [6, 6.07) is 3.06. The lowest BCUT2D eigenvalue weighted by Gasteiger charge is -2.18. The van der Waals surface area contributed by atoms with E-state index in [2.05, 4.69) is 0 Å². The standard InChI is InChI=1S/C11H14N2O3/c1-7(15)13(2)10-5-11(16-3)8(6-14)4-9(10)12/h4-6H,12H2,1-3H3. The van der Waals surface area contributed by atoms with Crippen molar-refractivity contribution in [2.45, 2.75) is 6.92 Å². The molecule has 0 saturated heterocycles. The molecule has 0 aliphatic carbocycles. The van der Waals surface area contributed by atoms with E-state index in [1.54, 1.807) is 13.1 Å². The highest BCUT2D eigenvalue weighted by molar-refractivity contribution is 5.96. The van der Waals surface area contributed by atoms with Crippen LogP contribution in [0, 0.1) is 0 Å². The van der Waals surface area contributed by atoms with Crippen LogP contribution in [0.4, 0.5) is 11.4 Å². The number of anilines is 2. The zero-order valence-electron chi connectivity index (χ0n) is 9.48. The molecule has 5 nitrogen and oxygen atoms in total. The molecule has 0 radical (unpaired) electrons. The Morgan fingerprint density at radius 3 is 2.56 bits per heavy atom. The number of nitrogen functional groups attached to an aromatic ring is 1. The lowest BCUT2D eigenvalue weighted by molar-refractivity contribution is -0.116. The number of methoxy groups -OCH3 is 1. The summed E-state index contributed by atoms with van der Waals surface area (Å²) in [5.74, 6) is 0.250. The number of nitrogens with two attached hydrogens (primary N) is 1. The molecule has 0 bridgehead atoms. The van der Waals surface area contributed by atoms with E-state index in [1.807, 2.05) is 0 Å². The Morgan fingerprint density at radius 1 is 1.50 bits per heavy atom. The van der Waals surface area contributed by atoms with Gasteiger partial charge in [0.05, 0.1) is 24.0 Å². The molecule has 0 aliphatic heterocycles. The van der Waals surface area contributed by atoms with Gasteiger partial charge in [0.25, 0.3) is 0 Å². The second-order valence-electron chi connectivity index (χ2n) is 3.35. The van der Waals surface area contributed by atoms with Gasteiger partial charge in [-0.1, -0.05) is 0 Å². The lowest BCUT2D eigenvalue weighted by atomic mass is 10.1. The molecular formula is C11H14N2O3. The fourth-order valence-corrected chi connectivity index (χ4v) is 1.33. The first-order valence-corrected chi connectivity index (χ1v) is 4.68. The van der Waals surface area contributed by atoms with Gasteiger partial charge in [-0.3, -0.25) is 9.59 Å².